The van der Waals surface area contributed by atoms with Crippen LogP contribution in [0.15, 0.2) is 54.6 Å². The molecule has 2 aromatic rings. The van der Waals surface area contributed by atoms with Crippen molar-refractivity contribution in [2.75, 3.05) is 13.1 Å². The molecule has 0 saturated heterocycles. The van der Waals surface area contributed by atoms with E-state index in [0.717, 1.165) is 13.0 Å². The van der Waals surface area contributed by atoms with Crippen LogP contribution in [0.5, 0.6) is 0 Å². The van der Waals surface area contributed by atoms with E-state index in [4.69, 9.17) is 0 Å². The van der Waals surface area contributed by atoms with Crippen LogP contribution in [-0.4, -0.2) is 18.2 Å². The average molecular weight is 287 g/mol. The van der Waals surface area contributed by atoms with Crippen LogP contribution < -0.4 is 5.32 Å². The Morgan fingerprint density at radius 2 is 1.71 bits per heavy atom. The molecule has 0 heterocycles. The number of hydrogen-bond acceptors (Lipinski definition) is 2. The van der Waals surface area contributed by atoms with Crippen molar-refractivity contribution in [3.8, 4) is 0 Å². The Kier molecular flexibility index (Phi) is 5.90. The molecule has 0 aromatic heterocycles. The molecule has 2 aromatic carbocycles. The molecule has 0 bridgehead atoms. The van der Waals surface area contributed by atoms with Gasteiger partial charge in [0.2, 0.25) is 0 Å². The van der Waals surface area contributed by atoms with Gasteiger partial charge in [0.1, 0.15) is 5.82 Å². The topological polar surface area (TPSA) is 32.3 Å². The van der Waals surface area contributed by atoms with Crippen LogP contribution in [0.3, 0.4) is 0 Å². The Morgan fingerprint density at radius 1 is 1.05 bits per heavy atom. The summed E-state index contributed by atoms with van der Waals surface area (Å²) in [5, 5.41) is 13.2. The number of halogens is 1. The quantitative estimate of drug-likeness (QED) is 0.762. The maximum Gasteiger partial charge on any atom is 0.129 e. The number of benzene rings is 2. The van der Waals surface area contributed by atoms with Crippen LogP contribution in [0, 0.1) is 5.82 Å². The van der Waals surface area contributed by atoms with E-state index in [1.165, 1.54) is 11.6 Å². The molecule has 0 spiro atoms. The molecule has 0 amide bonds. The molecule has 2 nitrogen and oxygen atoms in total. The molecule has 2 N–H and O–H groups in total. The van der Waals surface area contributed by atoms with E-state index in [1.54, 1.807) is 18.2 Å². The van der Waals surface area contributed by atoms with Crippen molar-refractivity contribution in [3.63, 3.8) is 0 Å². The first kappa shape index (κ1) is 15.7. The molecular formula is C18H22FNO. The monoisotopic (exact) mass is 287 g/mol. The number of aliphatic hydroxyl groups excluding tert-OH is 1. The van der Waals surface area contributed by atoms with Crippen LogP contribution >= 0.6 is 0 Å². The zero-order valence-electron chi connectivity index (χ0n) is 12.3. The Balaban J connectivity index is 1.74. The fourth-order valence-electron chi connectivity index (χ4n) is 2.36. The first-order valence-corrected chi connectivity index (χ1v) is 7.36. The molecular weight excluding hydrogens is 265 g/mol. The predicted octanol–water partition coefficient (Wildman–Crippen LogP) is 3.64. The molecule has 0 saturated carbocycles. The Bertz CT molecular complexity index is 544. The number of hydrogen-bond donors (Lipinski definition) is 2. The predicted molar refractivity (Wildman–Crippen MR) is 83.7 cm³/mol. The van der Waals surface area contributed by atoms with E-state index < -0.39 is 6.10 Å². The van der Waals surface area contributed by atoms with Crippen molar-refractivity contribution in [2.24, 2.45) is 0 Å². The molecule has 3 heteroatoms. The van der Waals surface area contributed by atoms with Gasteiger partial charge in [-0.1, -0.05) is 55.5 Å². The molecule has 0 aliphatic rings. The van der Waals surface area contributed by atoms with Crippen molar-refractivity contribution in [1.82, 2.24) is 5.32 Å². The van der Waals surface area contributed by atoms with Gasteiger partial charge in [-0.2, -0.15) is 0 Å². The lowest BCUT2D eigenvalue weighted by Crippen LogP contribution is -2.24. The third-order valence-electron chi connectivity index (χ3n) is 3.72. The summed E-state index contributed by atoms with van der Waals surface area (Å²) < 4.78 is 13.5. The third kappa shape index (κ3) is 4.66. The largest absolute Gasteiger partial charge is 0.387 e. The fraction of sp³-hybridized carbons (Fsp3) is 0.333. The van der Waals surface area contributed by atoms with E-state index in [1.807, 2.05) is 18.2 Å². The number of nitrogens with one attached hydrogen (secondary N) is 1. The van der Waals surface area contributed by atoms with Crippen molar-refractivity contribution >= 4 is 0 Å². The first-order valence-electron chi connectivity index (χ1n) is 7.36. The number of rotatable bonds is 7. The Labute approximate surface area is 125 Å². The summed E-state index contributed by atoms with van der Waals surface area (Å²) in [7, 11) is 0. The van der Waals surface area contributed by atoms with Gasteiger partial charge in [0, 0.05) is 12.1 Å². The second kappa shape index (κ2) is 7.91. The van der Waals surface area contributed by atoms with Gasteiger partial charge >= 0.3 is 0 Å². The molecule has 0 aliphatic heterocycles. The highest BCUT2D eigenvalue weighted by atomic mass is 19.1. The maximum absolute atomic E-state index is 13.5. The van der Waals surface area contributed by atoms with Gasteiger partial charge in [0.15, 0.2) is 0 Å². The second-order valence-electron chi connectivity index (χ2n) is 5.34. The Morgan fingerprint density at radius 3 is 2.43 bits per heavy atom. The second-order valence-corrected chi connectivity index (χ2v) is 5.34. The van der Waals surface area contributed by atoms with Crippen LogP contribution in [-0.2, 0) is 0 Å². The van der Waals surface area contributed by atoms with E-state index >= 15 is 0 Å². The van der Waals surface area contributed by atoms with E-state index in [9.17, 15) is 9.50 Å². The van der Waals surface area contributed by atoms with E-state index in [2.05, 4.69) is 24.4 Å². The number of aliphatic hydroxyl groups is 1. The van der Waals surface area contributed by atoms with Gasteiger partial charge in [0.05, 0.1) is 6.10 Å². The van der Waals surface area contributed by atoms with Crippen LogP contribution in [0.1, 0.15) is 36.5 Å². The van der Waals surface area contributed by atoms with Crippen LogP contribution in [0.2, 0.25) is 0 Å². The highest BCUT2D eigenvalue weighted by Crippen LogP contribution is 2.18. The van der Waals surface area contributed by atoms with Crippen LogP contribution in [0.25, 0.3) is 0 Å². The molecule has 0 fully saturated rings. The summed E-state index contributed by atoms with van der Waals surface area (Å²) in [6.45, 7) is 3.34. The summed E-state index contributed by atoms with van der Waals surface area (Å²) in [4.78, 5) is 0. The lowest BCUT2D eigenvalue weighted by Gasteiger charge is -2.15. The van der Waals surface area contributed by atoms with Gasteiger partial charge in [-0.25, -0.2) is 4.39 Å². The minimum absolute atomic E-state index is 0.348. The van der Waals surface area contributed by atoms with E-state index in [0.29, 0.717) is 18.0 Å². The standard InChI is InChI=1S/C18H22FNO/c1-14(15-7-3-2-4-8-15)11-12-20-13-18(21)16-9-5-6-10-17(16)19/h2-10,14,18,20-21H,11-13H2,1H3. The van der Waals surface area contributed by atoms with Gasteiger partial charge in [0.25, 0.3) is 0 Å². The molecule has 112 valence electrons. The lowest BCUT2D eigenvalue weighted by atomic mass is 9.98. The van der Waals surface area contributed by atoms with Gasteiger partial charge < -0.3 is 10.4 Å². The van der Waals surface area contributed by atoms with Crippen LogP contribution in [0.4, 0.5) is 4.39 Å². The molecule has 0 aliphatic carbocycles. The van der Waals surface area contributed by atoms with Crippen molar-refractivity contribution in [3.05, 3.63) is 71.5 Å². The maximum atomic E-state index is 13.5. The zero-order valence-corrected chi connectivity index (χ0v) is 12.3. The first-order chi connectivity index (χ1) is 10.2. The van der Waals surface area contributed by atoms with Crippen molar-refractivity contribution in [1.29, 1.82) is 0 Å². The minimum atomic E-state index is -0.807. The molecule has 2 unspecified atom stereocenters. The summed E-state index contributed by atoms with van der Waals surface area (Å²) >= 11 is 0. The van der Waals surface area contributed by atoms with Gasteiger partial charge in [-0.05, 0) is 30.5 Å². The molecule has 2 atom stereocenters. The fourth-order valence-corrected chi connectivity index (χ4v) is 2.36. The van der Waals surface area contributed by atoms with Crippen molar-refractivity contribution in [2.45, 2.75) is 25.4 Å². The summed E-state index contributed by atoms with van der Waals surface area (Å²) in [5.41, 5.74) is 1.66. The minimum Gasteiger partial charge on any atom is -0.387 e. The summed E-state index contributed by atoms with van der Waals surface area (Å²) in [6.07, 6.45) is 0.173. The van der Waals surface area contributed by atoms with Gasteiger partial charge in [-0.15, -0.1) is 0 Å². The van der Waals surface area contributed by atoms with Gasteiger partial charge in [-0.3, -0.25) is 0 Å². The molecule has 2 rings (SSSR count). The highest BCUT2D eigenvalue weighted by molar-refractivity contribution is 5.20. The average Bonchev–Trinajstić information content (AvgIpc) is 2.52. The third-order valence-corrected chi connectivity index (χ3v) is 3.72. The zero-order chi connectivity index (χ0) is 15.1. The summed E-state index contributed by atoms with van der Waals surface area (Å²) in [6, 6.07) is 16.7. The lowest BCUT2D eigenvalue weighted by molar-refractivity contribution is 0.170. The van der Waals surface area contributed by atoms with Crippen molar-refractivity contribution < 1.29 is 9.50 Å². The summed E-state index contributed by atoms with van der Waals surface area (Å²) in [5.74, 6) is 0.105. The Hall–Kier alpha value is -1.71. The van der Waals surface area contributed by atoms with E-state index in [-0.39, 0.29) is 5.82 Å². The normalized spacial score (nSPS) is 13.9. The smallest absolute Gasteiger partial charge is 0.129 e. The molecule has 21 heavy (non-hydrogen) atoms. The molecule has 0 radical (unpaired) electrons. The highest BCUT2D eigenvalue weighted by Gasteiger charge is 2.11. The SMILES string of the molecule is CC(CCNCC(O)c1ccccc1F)c1ccccc1.